The Hall–Kier alpha value is -1.78. The molecule has 0 spiro atoms. The van der Waals surface area contributed by atoms with Gasteiger partial charge in [0.2, 0.25) is 5.78 Å². The molecule has 1 N–H and O–H groups in total. The van der Waals surface area contributed by atoms with E-state index in [-0.39, 0.29) is 0 Å². The Morgan fingerprint density at radius 1 is 1.25 bits per heavy atom. The molecule has 0 fully saturated rings. The summed E-state index contributed by atoms with van der Waals surface area (Å²) in [6, 6.07) is 0. The molecule has 0 saturated carbocycles. The fraction of sp³-hybridized carbons (Fsp3) is 0.143. The SMILES string of the molecule is O=C/C=C/C(=O)CC(=O)C(=O)O. The van der Waals surface area contributed by atoms with E-state index < -0.39 is 24.0 Å². The minimum absolute atomic E-state index is 0.364. The van der Waals surface area contributed by atoms with Crippen molar-refractivity contribution in [3.63, 3.8) is 0 Å². The Bertz CT molecular complexity index is 251. The third-order valence-corrected chi connectivity index (χ3v) is 0.934. The van der Waals surface area contributed by atoms with Gasteiger partial charge in [-0.2, -0.15) is 0 Å². The van der Waals surface area contributed by atoms with E-state index in [1.807, 2.05) is 0 Å². The molecule has 64 valence electrons. The Morgan fingerprint density at radius 3 is 2.25 bits per heavy atom. The molecule has 0 aliphatic carbocycles. The fourth-order valence-corrected chi connectivity index (χ4v) is 0.439. The predicted molar refractivity (Wildman–Crippen MR) is 37.5 cm³/mol. The molecule has 0 unspecified atom stereocenters. The number of aliphatic carboxylic acids is 1. The van der Waals surface area contributed by atoms with E-state index in [9.17, 15) is 19.2 Å². The highest BCUT2D eigenvalue weighted by Gasteiger charge is 2.13. The van der Waals surface area contributed by atoms with Crippen LogP contribution in [0.4, 0.5) is 0 Å². The summed E-state index contributed by atoms with van der Waals surface area (Å²) in [5, 5.41) is 8.06. The number of carboxylic acid groups (broad SMARTS) is 1. The van der Waals surface area contributed by atoms with E-state index in [0.29, 0.717) is 6.29 Å². The second-order valence-corrected chi connectivity index (χ2v) is 1.87. The topological polar surface area (TPSA) is 88.5 Å². The van der Waals surface area contributed by atoms with Crippen LogP contribution in [-0.4, -0.2) is 28.9 Å². The lowest BCUT2D eigenvalue weighted by atomic mass is 10.2. The number of carboxylic acids is 1. The summed E-state index contributed by atoms with van der Waals surface area (Å²) in [5.41, 5.74) is 0. The molecule has 5 nitrogen and oxygen atoms in total. The van der Waals surface area contributed by atoms with Crippen molar-refractivity contribution < 1.29 is 24.3 Å². The van der Waals surface area contributed by atoms with E-state index in [1.165, 1.54) is 0 Å². The zero-order chi connectivity index (χ0) is 9.56. The smallest absolute Gasteiger partial charge is 0.372 e. The predicted octanol–water partition coefficient (Wildman–Crippen LogP) is -0.646. The van der Waals surface area contributed by atoms with Crippen molar-refractivity contribution in [2.45, 2.75) is 6.42 Å². The quantitative estimate of drug-likeness (QED) is 0.256. The highest BCUT2D eigenvalue weighted by Crippen LogP contribution is 1.87. The average Bonchev–Trinajstić information content (AvgIpc) is 2.00. The third-order valence-electron chi connectivity index (χ3n) is 0.934. The number of hydrogen-bond acceptors (Lipinski definition) is 4. The molecule has 0 rings (SSSR count). The molecule has 0 amide bonds. The number of hydrogen-bond donors (Lipinski definition) is 1. The first-order valence-corrected chi connectivity index (χ1v) is 2.98. The van der Waals surface area contributed by atoms with Gasteiger partial charge in [-0.05, 0) is 12.2 Å². The highest BCUT2D eigenvalue weighted by molar-refractivity contribution is 6.37. The summed E-state index contributed by atoms with van der Waals surface area (Å²) >= 11 is 0. The van der Waals surface area contributed by atoms with Gasteiger partial charge in [0.05, 0.1) is 6.42 Å². The molecule has 0 radical (unpaired) electrons. The van der Waals surface area contributed by atoms with E-state index in [4.69, 9.17) is 5.11 Å². The van der Waals surface area contributed by atoms with Gasteiger partial charge in [-0.15, -0.1) is 0 Å². The van der Waals surface area contributed by atoms with Crippen LogP contribution in [0.3, 0.4) is 0 Å². The zero-order valence-corrected chi connectivity index (χ0v) is 6.02. The summed E-state index contributed by atoms with van der Waals surface area (Å²) in [4.78, 5) is 40.6. The van der Waals surface area contributed by atoms with Gasteiger partial charge in [0.25, 0.3) is 0 Å². The van der Waals surface area contributed by atoms with Crippen LogP contribution in [0.1, 0.15) is 6.42 Å². The number of Topliss-reactive ketones (excluding diaryl/α,β-unsaturated/α-hetero) is 1. The average molecular weight is 170 g/mol. The summed E-state index contributed by atoms with van der Waals surface area (Å²) in [6.07, 6.45) is 1.41. The maximum absolute atomic E-state index is 10.6. The van der Waals surface area contributed by atoms with Gasteiger partial charge in [-0.3, -0.25) is 14.4 Å². The van der Waals surface area contributed by atoms with Gasteiger partial charge in [0.15, 0.2) is 5.78 Å². The molecule has 0 saturated heterocycles. The normalized spacial score (nSPS) is 9.67. The lowest BCUT2D eigenvalue weighted by Crippen LogP contribution is -2.15. The first kappa shape index (κ1) is 10.2. The number of ketones is 2. The maximum Gasteiger partial charge on any atom is 0.372 e. The lowest BCUT2D eigenvalue weighted by molar-refractivity contribution is -0.149. The van der Waals surface area contributed by atoms with Gasteiger partial charge >= 0.3 is 5.97 Å². The molecule has 0 heterocycles. The molecule has 0 aromatic heterocycles. The molecule has 0 bridgehead atoms. The molecule has 0 aromatic carbocycles. The second kappa shape index (κ2) is 4.95. The van der Waals surface area contributed by atoms with Crippen molar-refractivity contribution in [1.82, 2.24) is 0 Å². The lowest BCUT2D eigenvalue weighted by Gasteiger charge is -1.88. The fourth-order valence-electron chi connectivity index (χ4n) is 0.439. The molecule has 12 heavy (non-hydrogen) atoms. The number of carbonyl (C=O) groups excluding carboxylic acids is 3. The first-order chi connectivity index (χ1) is 5.57. The molecular formula is C7H6O5. The molecule has 0 aromatic rings. The van der Waals surface area contributed by atoms with E-state index in [0.717, 1.165) is 12.2 Å². The van der Waals surface area contributed by atoms with Gasteiger partial charge in [0, 0.05) is 0 Å². The van der Waals surface area contributed by atoms with E-state index in [1.54, 1.807) is 0 Å². The van der Waals surface area contributed by atoms with Crippen molar-refractivity contribution in [1.29, 1.82) is 0 Å². The molecule has 0 aliphatic rings. The summed E-state index contributed by atoms with van der Waals surface area (Å²) in [5.74, 6) is -3.53. The number of aldehydes is 1. The Morgan fingerprint density at radius 2 is 1.83 bits per heavy atom. The van der Waals surface area contributed by atoms with Gasteiger partial charge in [-0.25, -0.2) is 4.79 Å². The van der Waals surface area contributed by atoms with Crippen LogP contribution in [0.15, 0.2) is 12.2 Å². The van der Waals surface area contributed by atoms with E-state index >= 15 is 0 Å². The number of carbonyl (C=O) groups is 4. The first-order valence-electron chi connectivity index (χ1n) is 2.98. The standard InChI is InChI=1S/C7H6O5/c8-3-1-2-5(9)4-6(10)7(11)12/h1-3H,4H2,(H,11,12)/b2-1+. The summed E-state index contributed by atoms with van der Waals surface area (Å²) < 4.78 is 0. The summed E-state index contributed by atoms with van der Waals surface area (Å²) in [6.45, 7) is 0. The Kier molecular flexibility index (Phi) is 4.21. The Labute approximate surface area is 67.7 Å². The Balaban J connectivity index is 4.01. The van der Waals surface area contributed by atoms with Gasteiger partial charge in [-0.1, -0.05) is 0 Å². The third kappa shape index (κ3) is 4.10. The van der Waals surface area contributed by atoms with Crippen LogP contribution in [0.2, 0.25) is 0 Å². The van der Waals surface area contributed by atoms with Crippen LogP contribution in [0.5, 0.6) is 0 Å². The molecule has 0 atom stereocenters. The van der Waals surface area contributed by atoms with Crippen LogP contribution in [0, 0.1) is 0 Å². The van der Waals surface area contributed by atoms with Crippen LogP contribution in [0.25, 0.3) is 0 Å². The largest absolute Gasteiger partial charge is 0.475 e. The van der Waals surface area contributed by atoms with Crippen LogP contribution < -0.4 is 0 Å². The van der Waals surface area contributed by atoms with Crippen molar-refractivity contribution in [3.8, 4) is 0 Å². The van der Waals surface area contributed by atoms with Crippen molar-refractivity contribution in [2.24, 2.45) is 0 Å². The van der Waals surface area contributed by atoms with Crippen LogP contribution >= 0.6 is 0 Å². The molecule has 5 heteroatoms. The molecule has 0 aliphatic heterocycles. The maximum atomic E-state index is 10.6. The number of allylic oxidation sites excluding steroid dienone is 2. The van der Waals surface area contributed by atoms with Crippen molar-refractivity contribution in [2.75, 3.05) is 0 Å². The van der Waals surface area contributed by atoms with Crippen LogP contribution in [-0.2, 0) is 19.2 Å². The minimum Gasteiger partial charge on any atom is -0.475 e. The zero-order valence-electron chi connectivity index (χ0n) is 6.02. The van der Waals surface area contributed by atoms with Gasteiger partial charge in [0.1, 0.15) is 6.29 Å². The monoisotopic (exact) mass is 170 g/mol. The van der Waals surface area contributed by atoms with E-state index in [2.05, 4.69) is 0 Å². The van der Waals surface area contributed by atoms with Crippen molar-refractivity contribution >= 4 is 23.8 Å². The minimum atomic E-state index is -1.65. The second-order valence-electron chi connectivity index (χ2n) is 1.87. The summed E-state index contributed by atoms with van der Waals surface area (Å²) in [7, 11) is 0. The number of rotatable bonds is 5. The highest BCUT2D eigenvalue weighted by atomic mass is 16.4. The molecular weight excluding hydrogens is 164 g/mol. The van der Waals surface area contributed by atoms with Gasteiger partial charge < -0.3 is 5.11 Å². The van der Waals surface area contributed by atoms with Crippen molar-refractivity contribution in [3.05, 3.63) is 12.2 Å².